The summed E-state index contributed by atoms with van der Waals surface area (Å²) in [6, 6.07) is 17.3. The smallest absolute Gasteiger partial charge is 0.120 e. The minimum absolute atomic E-state index is 0.122. The fourth-order valence-electron chi connectivity index (χ4n) is 2.07. The first-order valence-corrected chi connectivity index (χ1v) is 6.55. The number of hydrogen-bond donors (Lipinski definition) is 1. The lowest BCUT2D eigenvalue weighted by Gasteiger charge is -2.25. The molecule has 0 saturated heterocycles. The Morgan fingerprint density at radius 1 is 0.947 bits per heavy atom. The molecule has 1 atom stereocenters. The standard InChI is InChI=1S/C17H20O2/c1-13(2)19-16-11-7-10-15(12-16)17(3,18)14-8-5-4-6-9-14/h4-13,18H,1-3H3. The van der Waals surface area contributed by atoms with Crippen molar-refractivity contribution < 1.29 is 9.84 Å². The number of ether oxygens (including phenoxy) is 1. The summed E-state index contributed by atoms with van der Waals surface area (Å²) >= 11 is 0. The summed E-state index contributed by atoms with van der Waals surface area (Å²) in [5.74, 6) is 0.781. The van der Waals surface area contributed by atoms with Gasteiger partial charge in [0.05, 0.1) is 6.10 Å². The summed E-state index contributed by atoms with van der Waals surface area (Å²) in [5, 5.41) is 10.8. The molecule has 0 amide bonds. The van der Waals surface area contributed by atoms with Gasteiger partial charge in [-0.25, -0.2) is 0 Å². The monoisotopic (exact) mass is 256 g/mol. The van der Waals surface area contributed by atoms with Crippen LogP contribution in [0.3, 0.4) is 0 Å². The van der Waals surface area contributed by atoms with Crippen LogP contribution in [0.4, 0.5) is 0 Å². The Balaban J connectivity index is 2.35. The SMILES string of the molecule is CC(C)Oc1cccc(C(C)(O)c2ccccc2)c1. The predicted molar refractivity (Wildman–Crippen MR) is 77.3 cm³/mol. The normalized spacial score (nSPS) is 14.2. The first kappa shape index (κ1) is 13.6. The second-order valence-corrected chi connectivity index (χ2v) is 5.13. The van der Waals surface area contributed by atoms with Crippen LogP contribution in [-0.4, -0.2) is 11.2 Å². The van der Waals surface area contributed by atoms with Gasteiger partial charge in [0.25, 0.3) is 0 Å². The Bertz CT molecular complexity index is 530. The molecule has 1 unspecified atom stereocenters. The largest absolute Gasteiger partial charge is 0.491 e. The summed E-state index contributed by atoms with van der Waals surface area (Å²) in [6.45, 7) is 5.78. The van der Waals surface area contributed by atoms with E-state index >= 15 is 0 Å². The van der Waals surface area contributed by atoms with E-state index in [9.17, 15) is 5.11 Å². The summed E-state index contributed by atoms with van der Waals surface area (Å²) in [4.78, 5) is 0. The molecule has 0 heterocycles. The van der Waals surface area contributed by atoms with Gasteiger partial charge >= 0.3 is 0 Å². The lowest BCUT2D eigenvalue weighted by molar-refractivity contribution is 0.102. The molecule has 100 valence electrons. The van der Waals surface area contributed by atoms with Crippen LogP contribution in [0, 0.1) is 0 Å². The molecule has 0 aliphatic rings. The summed E-state index contributed by atoms with van der Waals surface area (Å²) < 4.78 is 5.67. The summed E-state index contributed by atoms with van der Waals surface area (Å²) in [7, 11) is 0. The lowest BCUT2D eigenvalue weighted by atomic mass is 9.88. The molecule has 0 fully saturated rings. The van der Waals surface area contributed by atoms with E-state index in [4.69, 9.17) is 4.74 Å². The first-order chi connectivity index (χ1) is 9.00. The molecule has 1 N–H and O–H groups in total. The van der Waals surface area contributed by atoms with E-state index < -0.39 is 5.60 Å². The molecule has 19 heavy (non-hydrogen) atoms. The maximum absolute atomic E-state index is 10.8. The predicted octanol–water partition coefficient (Wildman–Crippen LogP) is 3.73. The van der Waals surface area contributed by atoms with E-state index in [2.05, 4.69) is 0 Å². The molecule has 0 aliphatic carbocycles. The zero-order chi connectivity index (χ0) is 13.9. The van der Waals surface area contributed by atoms with Gasteiger partial charge in [-0.2, -0.15) is 0 Å². The van der Waals surface area contributed by atoms with Crippen LogP contribution >= 0.6 is 0 Å². The Morgan fingerprint density at radius 2 is 1.58 bits per heavy atom. The minimum Gasteiger partial charge on any atom is -0.491 e. The van der Waals surface area contributed by atoms with Crippen LogP contribution in [0.1, 0.15) is 31.9 Å². The van der Waals surface area contributed by atoms with Crippen molar-refractivity contribution in [3.63, 3.8) is 0 Å². The highest BCUT2D eigenvalue weighted by molar-refractivity contribution is 5.39. The number of benzene rings is 2. The summed E-state index contributed by atoms with van der Waals surface area (Å²) in [5.41, 5.74) is 0.686. The second-order valence-electron chi connectivity index (χ2n) is 5.13. The van der Waals surface area contributed by atoms with Gasteiger partial charge in [-0.05, 0) is 44.0 Å². The minimum atomic E-state index is -1.02. The van der Waals surface area contributed by atoms with Crippen molar-refractivity contribution in [1.29, 1.82) is 0 Å². The maximum atomic E-state index is 10.8. The summed E-state index contributed by atoms with van der Waals surface area (Å²) in [6.07, 6.45) is 0.122. The van der Waals surface area contributed by atoms with E-state index in [0.29, 0.717) is 0 Å². The molecule has 2 rings (SSSR count). The van der Waals surface area contributed by atoms with E-state index in [0.717, 1.165) is 16.9 Å². The van der Waals surface area contributed by atoms with Gasteiger partial charge in [0, 0.05) is 0 Å². The molecule has 0 spiro atoms. The molecular weight excluding hydrogens is 236 g/mol. The molecular formula is C17H20O2. The number of rotatable bonds is 4. The zero-order valence-corrected chi connectivity index (χ0v) is 11.6. The van der Waals surface area contributed by atoms with E-state index in [1.807, 2.05) is 68.4 Å². The van der Waals surface area contributed by atoms with Gasteiger partial charge in [-0.15, -0.1) is 0 Å². The Labute approximate surface area is 114 Å². The second kappa shape index (κ2) is 5.45. The van der Waals surface area contributed by atoms with Gasteiger partial charge < -0.3 is 9.84 Å². The Kier molecular flexibility index (Phi) is 3.91. The highest BCUT2D eigenvalue weighted by Gasteiger charge is 2.25. The van der Waals surface area contributed by atoms with E-state index in [-0.39, 0.29) is 6.10 Å². The van der Waals surface area contributed by atoms with Gasteiger partial charge in [0.1, 0.15) is 11.4 Å². The third-order valence-electron chi connectivity index (χ3n) is 3.10. The topological polar surface area (TPSA) is 29.5 Å². The molecule has 0 bridgehead atoms. The van der Waals surface area contributed by atoms with Crippen molar-refractivity contribution in [1.82, 2.24) is 0 Å². The van der Waals surface area contributed by atoms with Crippen molar-refractivity contribution in [2.24, 2.45) is 0 Å². The highest BCUT2D eigenvalue weighted by Crippen LogP contribution is 2.31. The average molecular weight is 256 g/mol. The van der Waals surface area contributed by atoms with Crippen molar-refractivity contribution in [2.45, 2.75) is 32.5 Å². The first-order valence-electron chi connectivity index (χ1n) is 6.55. The molecule has 0 saturated carbocycles. The quantitative estimate of drug-likeness (QED) is 0.903. The van der Waals surface area contributed by atoms with Crippen molar-refractivity contribution in [2.75, 3.05) is 0 Å². The molecule has 0 radical (unpaired) electrons. The molecule has 0 aromatic heterocycles. The van der Waals surface area contributed by atoms with E-state index in [1.165, 1.54) is 0 Å². The molecule has 0 aliphatic heterocycles. The van der Waals surface area contributed by atoms with Crippen LogP contribution in [-0.2, 0) is 5.60 Å². The third kappa shape index (κ3) is 3.15. The van der Waals surface area contributed by atoms with Crippen LogP contribution in [0.5, 0.6) is 5.75 Å². The van der Waals surface area contributed by atoms with Crippen LogP contribution in [0.2, 0.25) is 0 Å². The molecule has 2 heteroatoms. The Hall–Kier alpha value is -1.80. The van der Waals surface area contributed by atoms with Crippen molar-refractivity contribution >= 4 is 0 Å². The van der Waals surface area contributed by atoms with Crippen LogP contribution < -0.4 is 4.74 Å². The van der Waals surface area contributed by atoms with Gasteiger partial charge in [-0.3, -0.25) is 0 Å². The maximum Gasteiger partial charge on any atom is 0.120 e. The van der Waals surface area contributed by atoms with E-state index in [1.54, 1.807) is 6.92 Å². The van der Waals surface area contributed by atoms with Crippen molar-refractivity contribution in [3.05, 3.63) is 65.7 Å². The van der Waals surface area contributed by atoms with Gasteiger partial charge in [-0.1, -0.05) is 42.5 Å². The highest BCUT2D eigenvalue weighted by atomic mass is 16.5. The van der Waals surface area contributed by atoms with Crippen LogP contribution in [0.15, 0.2) is 54.6 Å². The zero-order valence-electron chi connectivity index (χ0n) is 11.6. The fourth-order valence-corrected chi connectivity index (χ4v) is 2.07. The number of hydrogen-bond acceptors (Lipinski definition) is 2. The average Bonchev–Trinajstić information content (AvgIpc) is 2.39. The van der Waals surface area contributed by atoms with Crippen molar-refractivity contribution in [3.8, 4) is 5.75 Å². The number of aliphatic hydroxyl groups is 1. The van der Waals surface area contributed by atoms with Gasteiger partial charge in [0.2, 0.25) is 0 Å². The van der Waals surface area contributed by atoms with Gasteiger partial charge in [0.15, 0.2) is 0 Å². The fraction of sp³-hybridized carbons (Fsp3) is 0.294. The third-order valence-corrected chi connectivity index (χ3v) is 3.10. The molecule has 2 aromatic carbocycles. The Morgan fingerprint density at radius 3 is 2.21 bits per heavy atom. The lowest BCUT2D eigenvalue weighted by Crippen LogP contribution is -2.22. The molecule has 2 nitrogen and oxygen atoms in total. The molecule has 2 aromatic rings. The van der Waals surface area contributed by atoms with Crippen LogP contribution in [0.25, 0.3) is 0 Å².